The summed E-state index contributed by atoms with van der Waals surface area (Å²) in [6, 6.07) is 4.72. The molecule has 7 heteroatoms. The summed E-state index contributed by atoms with van der Waals surface area (Å²) in [6.45, 7) is 4.08. The van der Waals surface area contributed by atoms with Crippen molar-refractivity contribution in [2.45, 2.75) is 19.8 Å². The van der Waals surface area contributed by atoms with Crippen LogP contribution in [0.5, 0.6) is 0 Å². The van der Waals surface area contributed by atoms with Gasteiger partial charge in [-0.2, -0.15) is 0 Å². The standard InChI is InChI=1S/C18H25FN2O4/c1-13-4-5-16(15(19)10-13)21-12-14(11-17(21)22)18(23)20-6-3-7-25-9-8-24-2/h4-5,10,14H,3,6-9,11-12H2,1-2H3,(H,20,23). The largest absolute Gasteiger partial charge is 0.382 e. The molecular weight excluding hydrogens is 327 g/mol. The summed E-state index contributed by atoms with van der Waals surface area (Å²) in [6.07, 6.45) is 0.788. The number of hydrogen-bond donors (Lipinski definition) is 1. The first-order chi connectivity index (χ1) is 12.0. The number of amides is 2. The monoisotopic (exact) mass is 352 g/mol. The molecule has 2 rings (SSSR count). The highest BCUT2D eigenvalue weighted by atomic mass is 19.1. The molecule has 0 aromatic heterocycles. The van der Waals surface area contributed by atoms with Crippen LogP contribution in [0.4, 0.5) is 10.1 Å². The molecule has 25 heavy (non-hydrogen) atoms. The lowest BCUT2D eigenvalue weighted by atomic mass is 10.1. The molecule has 2 amide bonds. The van der Waals surface area contributed by atoms with Crippen LogP contribution < -0.4 is 10.2 Å². The summed E-state index contributed by atoms with van der Waals surface area (Å²) in [4.78, 5) is 25.7. The smallest absolute Gasteiger partial charge is 0.227 e. The van der Waals surface area contributed by atoms with Gasteiger partial charge in [0.2, 0.25) is 11.8 Å². The van der Waals surface area contributed by atoms with E-state index < -0.39 is 11.7 Å². The number of nitrogens with zero attached hydrogens (tertiary/aromatic N) is 1. The summed E-state index contributed by atoms with van der Waals surface area (Å²) < 4.78 is 24.2. The predicted molar refractivity (Wildman–Crippen MR) is 91.9 cm³/mol. The Kier molecular flexibility index (Phi) is 7.33. The minimum absolute atomic E-state index is 0.101. The molecule has 1 saturated heterocycles. The zero-order valence-electron chi connectivity index (χ0n) is 14.7. The van der Waals surface area contributed by atoms with Crippen LogP contribution in [0.3, 0.4) is 0 Å². The molecule has 1 fully saturated rings. The fourth-order valence-corrected chi connectivity index (χ4v) is 2.72. The average molecular weight is 352 g/mol. The summed E-state index contributed by atoms with van der Waals surface area (Å²) >= 11 is 0. The molecule has 1 heterocycles. The molecule has 6 nitrogen and oxygen atoms in total. The van der Waals surface area contributed by atoms with Crippen molar-refractivity contribution >= 4 is 17.5 Å². The van der Waals surface area contributed by atoms with Crippen LogP contribution in [0.1, 0.15) is 18.4 Å². The molecular formula is C18H25FN2O4. The van der Waals surface area contributed by atoms with Crippen LogP contribution in [0.15, 0.2) is 18.2 Å². The highest BCUT2D eigenvalue weighted by Crippen LogP contribution is 2.28. The van der Waals surface area contributed by atoms with Gasteiger partial charge >= 0.3 is 0 Å². The molecule has 1 N–H and O–H groups in total. The van der Waals surface area contributed by atoms with Crippen LogP contribution in [0, 0.1) is 18.7 Å². The number of nitrogens with one attached hydrogen (secondary N) is 1. The first kappa shape index (κ1) is 19.3. The molecule has 1 aliphatic heterocycles. The lowest BCUT2D eigenvalue weighted by molar-refractivity contribution is -0.126. The number of carbonyl (C=O) groups excluding carboxylic acids is 2. The van der Waals surface area contributed by atoms with Gasteiger partial charge in [0.1, 0.15) is 5.82 Å². The van der Waals surface area contributed by atoms with Gasteiger partial charge in [-0.1, -0.05) is 6.07 Å². The summed E-state index contributed by atoms with van der Waals surface area (Å²) in [7, 11) is 1.61. The average Bonchev–Trinajstić information content (AvgIpc) is 2.95. The Labute approximate surface area is 147 Å². The maximum absolute atomic E-state index is 14.1. The number of halogens is 1. The van der Waals surface area contributed by atoms with Crippen LogP contribution in [-0.2, 0) is 19.1 Å². The van der Waals surface area contributed by atoms with E-state index in [1.165, 1.54) is 11.0 Å². The summed E-state index contributed by atoms with van der Waals surface area (Å²) in [5.74, 6) is -1.31. The second-order valence-electron chi connectivity index (χ2n) is 6.11. The predicted octanol–water partition coefficient (Wildman–Crippen LogP) is 1.66. The minimum atomic E-state index is -0.456. The van der Waals surface area contributed by atoms with Crippen LogP contribution in [0.25, 0.3) is 0 Å². The van der Waals surface area contributed by atoms with Crippen molar-refractivity contribution in [3.05, 3.63) is 29.6 Å². The third-order valence-corrected chi connectivity index (χ3v) is 4.09. The van der Waals surface area contributed by atoms with Gasteiger partial charge in [0.15, 0.2) is 0 Å². The second kappa shape index (κ2) is 9.48. The Morgan fingerprint density at radius 2 is 2.16 bits per heavy atom. The fourth-order valence-electron chi connectivity index (χ4n) is 2.72. The number of anilines is 1. The minimum Gasteiger partial charge on any atom is -0.382 e. The molecule has 0 bridgehead atoms. The SMILES string of the molecule is COCCOCCCNC(=O)C1CC(=O)N(c2ccc(C)cc2F)C1. The van der Waals surface area contributed by atoms with Crippen LogP contribution >= 0.6 is 0 Å². The van der Waals surface area contributed by atoms with Gasteiger partial charge in [0.05, 0.1) is 24.8 Å². The Balaban J connectivity index is 1.78. The number of aryl methyl sites for hydroxylation is 1. The van der Waals surface area contributed by atoms with E-state index in [0.717, 1.165) is 5.56 Å². The van der Waals surface area contributed by atoms with Crippen molar-refractivity contribution in [2.75, 3.05) is 44.9 Å². The molecule has 1 atom stereocenters. The summed E-state index contributed by atoms with van der Waals surface area (Å²) in [5.41, 5.74) is 1.02. The maximum Gasteiger partial charge on any atom is 0.227 e. The van der Waals surface area contributed by atoms with Gasteiger partial charge in [-0.25, -0.2) is 4.39 Å². The third kappa shape index (κ3) is 5.51. The lowest BCUT2D eigenvalue weighted by Gasteiger charge is -2.17. The van der Waals surface area contributed by atoms with Crippen molar-refractivity contribution in [3.8, 4) is 0 Å². The van der Waals surface area contributed by atoms with Crippen molar-refractivity contribution in [1.82, 2.24) is 5.32 Å². The van der Waals surface area contributed by atoms with Gasteiger partial charge in [0.25, 0.3) is 0 Å². The zero-order valence-corrected chi connectivity index (χ0v) is 14.7. The Hall–Kier alpha value is -1.99. The molecule has 1 unspecified atom stereocenters. The number of carbonyl (C=O) groups is 2. The highest BCUT2D eigenvalue weighted by molar-refractivity contribution is 6.00. The van der Waals surface area contributed by atoms with Gasteiger partial charge in [-0.3, -0.25) is 9.59 Å². The lowest BCUT2D eigenvalue weighted by Crippen LogP contribution is -2.34. The molecule has 0 aliphatic carbocycles. The van der Waals surface area contributed by atoms with Crippen molar-refractivity contribution in [2.24, 2.45) is 5.92 Å². The van der Waals surface area contributed by atoms with Crippen molar-refractivity contribution < 1.29 is 23.5 Å². The molecule has 0 radical (unpaired) electrons. The number of ether oxygens (including phenoxy) is 2. The Bertz CT molecular complexity index is 609. The molecule has 0 spiro atoms. The van der Waals surface area contributed by atoms with E-state index in [-0.39, 0.29) is 30.5 Å². The Morgan fingerprint density at radius 1 is 1.36 bits per heavy atom. The van der Waals surface area contributed by atoms with Gasteiger partial charge in [0, 0.05) is 33.2 Å². The van der Waals surface area contributed by atoms with Crippen molar-refractivity contribution in [3.63, 3.8) is 0 Å². The molecule has 1 aliphatic rings. The van der Waals surface area contributed by atoms with E-state index in [2.05, 4.69) is 5.32 Å². The number of methoxy groups -OCH3 is 1. The maximum atomic E-state index is 14.1. The van der Waals surface area contributed by atoms with Crippen LogP contribution in [-0.4, -0.2) is 51.8 Å². The molecule has 138 valence electrons. The molecule has 1 aromatic carbocycles. The summed E-state index contributed by atoms with van der Waals surface area (Å²) in [5, 5.41) is 2.81. The van der Waals surface area contributed by atoms with Crippen LogP contribution in [0.2, 0.25) is 0 Å². The highest BCUT2D eigenvalue weighted by Gasteiger charge is 2.35. The third-order valence-electron chi connectivity index (χ3n) is 4.09. The zero-order chi connectivity index (χ0) is 18.2. The topological polar surface area (TPSA) is 67.9 Å². The number of benzene rings is 1. The van der Waals surface area contributed by atoms with E-state index in [0.29, 0.717) is 32.8 Å². The quantitative estimate of drug-likeness (QED) is 0.687. The van der Waals surface area contributed by atoms with Crippen molar-refractivity contribution in [1.29, 1.82) is 0 Å². The van der Waals surface area contributed by atoms with Gasteiger partial charge in [-0.05, 0) is 31.0 Å². The number of rotatable bonds is 9. The molecule has 0 saturated carbocycles. The molecule has 1 aromatic rings. The first-order valence-corrected chi connectivity index (χ1v) is 8.44. The number of hydrogen-bond acceptors (Lipinski definition) is 4. The van der Waals surface area contributed by atoms with E-state index in [9.17, 15) is 14.0 Å². The van der Waals surface area contributed by atoms with E-state index in [4.69, 9.17) is 9.47 Å². The van der Waals surface area contributed by atoms with Gasteiger partial charge < -0.3 is 19.7 Å². The normalized spacial score (nSPS) is 17.2. The van der Waals surface area contributed by atoms with E-state index in [1.807, 2.05) is 0 Å². The van der Waals surface area contributed by atoms with E-state index in [1.54, 1.807) is 26.2 Å². The first-order valence-electron chi connectivity index (χ1n) is 8.44. The van der Waals surface area contributed by atoms with Gasteiger partial charge in [-0.15, -0.1) is 0 Å². The Morgan fingerprint density at radius 3 is 2.88 bits per heavy atom. The van der Waals surface area contributed by atoms with E-state index >= 15 is 0 Å². The second-order valence-corrected chi connectivity index (χ2v) is 6.11. The fraction of sp³-hybridized carbons (Fsp3) is 0.556.